The number of rotatable bonds is 3. The van der Waals surface area contributed by atoms with Gasteiger partial charge in [-0.25, -0.2) is 4.98 Å². The Morgan fingerprint density at radius 1 is 1.80 bits per heavy atom. The summed E-state index contributed by atoms with van der Waals surface area (Å²) >= 11 is 0. The van der Waals surface area contributed by atoms with Crippen LogP contribution in [0.15, 0.2) is 6.33 Å². The molecule has 1 aromatic rings. The van der Waals surface area contributed by atoms with Gasteiger partial charge in [-0.05, 0) is 0 Å². The molecule has 0 radical (unpaired) electrons. The number of hydroxylamine groups is 1. The third kappa shape index (κ3) is 1.78. The van der Waals surface area contributed by atoms with Gasteiger partial charge in [-0.3, -0.25) is 4.68 Å². The van der Waals surface area contributed by atoms with Gasteiger partial charge in [0.25, 0.3) is 0 Å². The standard InChI is InChI=1S/C5H10N4O/c1-9-4-6-5(8-9)3-7-10-2/h4,7H,3H2,1-2H3. The van der Waals surface area contributed by atoms with Crippen LogP contribution in [0.4, 0.5) is 0 Å². The third-order valence-electron chi connectivity index (χ3n) is 1.02. The first kappa shape index (κ1) is 7.17. The van der Waals surface area contributed by atoms with Crippen molar-refractivity contribution in [2.24, 2.45) is 7.05 Å². The Morgan fingerprint density at radius 2 is 2.60 bits per heavy atom. The maximum atomic E-state index is 4.62. The van der Waals surface area contributed by atoms with E-state index in [1.165, 1.54) is 0 Å². The van der Waals surface area contributed by atoms with Crippen LogP contribution in [-0.2, 0) is 18.4 Å². The highest BCUT2D eigenvalue weighted by atomic mass is 16.6. The minimum absolute atomic E-state index is 0.539. The van der Waals surface area contributed by atoms with Crippen LogP contribution >= 0.6 is 0 Å². The lowest BCUT2D eigenvalue weighted by Crippen LogP contribution is -2.12. The molecular weight excluding hydrogens is 132 g/mol. The van der Waals surface area contributed by atoms with E-state index >= 15 is 0 Å². The van der Waals surface area contributed by atoms with Gasteiger partial charge < -0.3 is 4.84 Å². The van der Waals surface area contributed by atoms with Crippen molar-refractivity contribution in [1.29, 1.82) is 0 Å². The van der Waals surface area contributed by atoms with Gasteiger partial charge in [0, 0.05) is 7.05 Å². The van der Waals surface area contributed by atoms with Crippen LogP contribution in [-0.4, -0.2) is 21.9 Å². The molecule has 5 heteroatoms. The van der Waals surface area contributed by atoms with Crippen LogP contribution in [0.25, 0.3) is 0 Å². The van der Waals surface area contributed by atoms with E-state index in [9.17, 15) is 0 Å². The first-order chi connectivity index (χ1) is 4.83. The fraction of sp³-hybridized carbons (Fsp3) is 0.600. The fourth-order valence-electron chi connectivity index (χ4n) is 0.602. The summed E-state index contributed by atoms with van der Waals surface area (Å²) in [6.45, 7) is 0.539. The molecule has 0 spiro atoms. The summed E-state index contributed by atoms with van der Waals surface area (Å²) in [4.78, 5) is 8.58. The second kappa shape index (κ2) is 3.28. The Bertz CT molecular complexity index is 197. The van der Waals surface area contributed by atoms with E-state index in [4.69, 9.17) is 0 Å². The number of hydrogen-bond donors (Lipinski definition) is 1. The van der Waals surface area contributed by atoms with Gasteiger partial charge in [0.2, 0.25) is 0 Å². The third-order valence-corrected chi connectivity index (χ3v) is 1.02. The molecule has 1 rings (SSSR count). The highest BCUT2D eigenvalue weighted by Gasteiger charge is 1.94. The van der Waals surface area contributed by atoms with E-state index in [0.29, 0.717) is 6.54 Å². The average Bonchev–Trinajstić information content (AvgIpc) is 2.31. The maximum Gasteiger partial charge on any atom is 0.166 e. The van der Waals surface area contributed by atoms with Crippen LogP contribution in [0.3, 0.4) is 0 Å². The number of nitrogens with zero attached hydrogens (tertiary/aromatic N) is 3. The van der Waals surface area contributed by atoms with Crippen LogP contribution < -0.4 is 5.48 Å². The first-order valence-electron chi connectivity index (χ1n) is 2.93. The van der Waals surface area contributed by atoms with Crippen LogP contribution in [0.2, 0.25) is 0 Å². The van der Waals surface area contributed by atoms with Crippen molar-refractivity contribution in [3.63, 3.8) is 0 Å². The Labute approximate surface area is 59.0 Å². The summed E-state index contributed by atoms with van der Waals surface area (Å²) in [6.07, 6.45) is 1.65. The number of aryl methyl sites for hydroxylation is 1. The second-order valence-electron chi connectivity index (χ2n) is 1.86. The molecular formula is C5H10N4O. The molecule has 1 aromatic heterocycles. The van der Waals surface area contributed by atoms with Gasteiger partial charge in [-0.2, -0.15) is 10.6 Å². The van der Waals surface area contributed by atoms with Crippen molar-refractivity contribution >= 4 is 0 Å². The average molecular weight is 142 g/mol. The van der Waals surface area contributed by atoms with Gasteiger partial charge >= 0.3 is 0 Å². The van der Waals surface area contributed by atoms with E-state index in [0.717, 1.165) is 5.82 Å². The van der Waals surface area contributed by atoms with Crippen LogP contribution in [0.1, 0.15) is 5.82 Å². The minimum atomic E-state index is 0.539. The van der Waals surface area contributed by atoms with Crippen LogP contribution in [0.5, 0.6) is 0 Å². The Kier molecular flexibility index (Phi) is 2.35. The van der Waals surface area contributed by atoms with Gasteiger partial charge in [0.05, 0.1) is 13.7 Å². The molecule has 0 aromatic carbocycles. The summed E-state index contributed by atoms with van der Waals surface area (Å²) in [7, 11) is 3.38. The molecule has 0 aliphatic carbocycles. The molecule has 0 unspecified atom stereocenters. The molecule has 56 valence electrons. The summed E-state index contributed by atoms with van der Waals surface area (Å²) in [6, 6.07) is 0. The SMILES string of the molecule is CONCc1ncn(C)n1. The number of hydrogen-bond acceptors (Lipinski definition) is 4. The molecule has 0 saturated carbocycles. The predicted molar refractivity (Wildman–Crippen MR) is 34.9 cm³/mol. The molecule has 0 fully saturated rings. The Hall–Kier alpha value is -0.940. The molecule has 0 aliphatic rings. The lowest BCUT2D eigenvalue weighted by Gasteiger charge is -1.94. The largest absolute Gasteiger partial charge is 0.305 e. The lowest BCUT2D eigenvalue weighted by atomic mass is 10.6. The van der Waals surface area contributed by atoms with Crippen molar-refractivity contribution in [3.8, 4) is 0 Å². The van der Waals surface area contributed by atoms with Gasteiger partial charge in [-0.15, -0.1) is 0 Å². The highest BCUT2D eigenvalue weighted by Crippen LogP contribution is 1.85. The topological polar surface area (TPSA) is 52.0 Å². The van der Waals surface area contributed by atoms with Crippen LogP contribution in [0, 0.1) is 0 Å². The predicted octanol–water partition coefficient (Wildman–Crippen LogP) is -0.534. The maximum absolute atomic E-state index is 4.62. The van der Waals surface area contributed by atoms with E-state index in [-0.39, 0.29) is 0 Å². The number of nitrogens with one attached hydrogen (secondary N) is 1. The molecule has 0 atom stereocenters. The van der Waals surface area contributed by atoms with E-state index < -0.39 is 0 Å². The van der Waals surface area contributed by atoms with Crippen molar-refractivity contribution in [1.82, 2.24) is 20.2 Å². The molecule has 0 aliphatic heterocycles. The molecule has 5 nitrogen and oxygen atoms in total. The summed E-state index contributed by atoms with van der Waals surface area (Å²) < 4.78 is 1.65. The highest BCUT2D eigenvalue weighted by molar-refractivity contribution is 4.78. The van der Waals surface area contributed by atoms with Crippen molar-refractivity contribution < 1.29 is 4.84 Å². The van der Waals surface area contributed by atoms with Crippen molar-refractivity contribution in [2.45, 2.75) is 6.54 Å². The molecule has 0 bridgehead atoms. The Balaban J connectivity index is 2.42. The molecule has 10 heavy (non-hydrogen) atoms. The Morgan fingerprint density at radius 3 is 3.10 bits per heavy atom. The lowest BCUT2D eigenvalue weighted by molar-refractivity contribution is 0.0848. The van der Waals surface area contributed by atoms with E-state index in [2.05, 4.69) is 20.4 Å². The summed E-state index contributed by atoms with van der Waals surface area (Å²) in [5.41, 5.74) is 2.64. The summed E-state index contributed by atoms with van der Waals surface area (Å²) in [5.74, 6) is 0.726. The number of aromatic nitrogens is 3. The van der Waals surface area contributed by atoms with Gasteiger partial charge in [0.15, 0.2) is 5.82 Å². The van der Waals surface area contributed by atoms with Crippen molar-refractivity contribution in [3.05, 3.63) is 12.2 Å². The monoisotopic (exact) mass is 142 g/mol. The van der Waals surface area contributed by atoms with Gasteiger partial charge in [-0.1, -0.05) is 0 Å². The van der Waals surface area contributed by atoms with Gasteiger partial charge in [0.1, 0.15) is 6.33 Å². The molecule has 0 amide bonds. The molecule has 0 saturated heterocycles. The minimum Gasteiger partial charge on any atom is -0.305 e. The zero-order valence-corrected chi connectivity index (χ0v) is 6.03. The smallest absolute Gasteiger partial charge is 0.166 e. The van der Waals surface area contributed by atoms with E-state index in [1.807, 2.05) is 7.05 Å². The van der Waals surface area contributed by atoms with Crippen molar-refractivity contribution in [2.75, 3.05) is 7.11 Å². The second-order valence-corrected chi connectivity index (χ2v) is 1.86. The first-order valence-corrected chi connectivity index (χ1v) is 2.93. The normalized spacial score (nSPS) is 10.2. The zero-order chi connectivity index (χ0) is 7.40. The quantitative estimate of drug-likeness (QED) is 0.576. The molecule has 1 N–H and O–H groups in total. The molecule has 1 heterocycles. The van der Waals surface area contributed by atoms with E-state index in [1.54, 1.807) is 18.1 Å². The summed E-state index contributed by atoms with van der Waals surface area (Å²) in [5, 5.41) is 4.01. The fourth-order valence-corrected chi connectivity index (χ4v) is 0.602. The zero-order valence-electron chi connectivity index (χ0n) is 6.03.